The number of aromatic nitrogens is 2. The molecule has 0 unspecified atom stereocenters. The van der Waals surface area contributed by atoms with Crippen LogP contribution in [0.15, 0.2) is 60.8 Å². The molecule has 1 fully saturated rings. The fourth-order valence-electron chi connectivity index (χ4n) is 3.55. The van der Waals surface area contributed by atoms with E-state index in [0.29, 0.717) is 24.5 Å². The smallest absolute Gasteiger partial charge is 0.272 e. The molecule has 142 valence electrons. The Labute approximate surface area is 163 Å². The van der Waals surface area contributed by atoms with Crippen molar-refractivity contribution in [3.63, 3.8) is 0 Å². The van der Waals surface area contributed by atoms with Crippen molar-refractivity contribution in [1.82, 2.24) is 14.9 Å². The van der Waals surface area contributed by atoms with Gasteiger partial charge in [-0.3, -0.25) is 14.8 Å². The number of aryl methyl sites for hydroxylation is 1. The fourth-order valence-corrected chi connectivity index (χ4v) is 3.55. The summed E-state index contributed by atoms with van der Waals surface area (Å²) in [6.07, 6.45) is 2.49. The Hall–Kier alpha value is -3.28. The molecule has 0 aliphatic carbocycles. The molecule has 0 saturated carbocycles. The molecule has 1 aliphatic heterocycles. The minimum atomic E-state index is -0.282. The van der Waals surface area contributed by atoms with Crippen LogP contribution >= 0.6 is 0 Å². The van der Waals surface area contributed by atoms with E-state index in [1.165, 1.54) is 12.1 Å². The van der Waals surface area contributed by atoms with E-state index in [2.05, 4.69) is 15.3 Å². The zero-order valence-corrected chi connectivity index (χ0v) is 15.6. The van der Waals surface area contributed by atoms with E-state index >= 15 is 0 Å². The van der Waals surface area contributed by atoms with Gasteiger partial charge in [-0.1, -0.05) is 12.1 Å². The first-order valence-electron chi connectivity index (χ1n) is 9.30. The highest BCUT2D eigenvalue weighted by Crippen LogP contribution is 2.29. The molecule has 28 heavy (non-hydrogen) atoms. The lowest BCUT2D eigenvalue weighted by atomic mass is 10.0. The van der Waals surface area contributed by atoms with Gasteiger partial charge in [-0.15, -0.1) is 0 Å². The van der Waals surface area contributed by atoms with Crippen LogP contribution in [0.25, 0.3) is 0 Å². The SMILES string of the molecule is Cc1cc(Nc2cccc(F)c2)cc([C@H]2CCN(C(=O)c3ccccn3)C2)n1. The van der Waals surface area contributed by atoms with E-state index in [9.17, 15) is 9.18 Å². The molecule has 3 aromatic rings. The van der Waals surface area contributed by atoms with Crippen molar-refractivity contribution < 1.29 is 9.18 Å². The highest BCUT2D eigenvalue weighted by Gasteiger charge is 2.29. The van der Waals surface area contributed by atoms with Gasteiger partial charge in [0.15, 0.2) is 0 Å². The summed E-state index contributed by atoms with van der Waals surface area (Å²) >= 11 is 0. The van der Waals surface area contributed by atoms with Crippen LogP contribution < -0.4 is 5.32 Å². The predicted octanol–water partition coefficient (Wildman–Crippen LogP) is 4.30. The molecule has 0 spiro atoms. The average molecular weight is 376 g/mol. The molecule has 5 nitrogen and oxygen atoms in total. The molecule has 1 saturated heterocycles. The number of benzene rings is 1. The van der Waals surface area contributed by atoms with Crippen LogP contribution in [0, 0.1) is 12.7 Å². The van der Waals surface area contributed by atoms with Crippen LogP contribution in [0.1, 0.15) is 34.2 Å². The van der Waals surface area contributed by atoms with E-state index < -0.39 is 0 Å². The lowest BCUT2D eigenvalue weighted by Gasteiger charge is -2.17. The number of hydrogen-bond acceptors (Lipinski definition) is 4. The number of amides is 1. The Balaban J connectivity index is 1.50. The zero-order chi connectivity index (χ0) is 19.5. The number of halogens is 1. The molecule has 1 N–H and O–H groups in total. The summed E-state index contributed by atoms with van der Waals surface area (Å²) in [6, 6.07) is 15.6. The van der Waals surface area contributed by atoms with Gasteiger partial charge in [0.2, 0.25) is 0 Å². The standard InChI is InChI=1S/C22H21FN4O/c1-15-11-19(26-18-6-4-5-17(23)12-18)13-21(25-15)16-8-10-27(14-16)22(28)20-7-2-3-9-24-20/h2-7,9,11-13,16H,8,10,14H2,1H3,(H,25,26)/t16-/m0/s1. The van der Waals surface area contributed by atoms with E-state index in [4.69, 9.17) is 0 Å². The third-order valence-corrected chi connectivity index (χ3v) is 4.86. The molecule has 1 aliphatic rings. The van der Waals surface area contributed by atoms with Crippen LogP contribution in [0.4, 0.5) is 15.8 Å². The number of nitrogens with one attached hydrogen (secondary N) is 1. The predicted molar refractivity (Wildman–Crippen MR) is 106 cm³/mol. The minimum absolute atomic E-state index is 0.0473. The van der Waals surface area contributed by atoms with Crippen molar-refractivity contribution in [2.24, 2.45) is 0 Å². The maximum atomic E-state index is 13.4. The van der Waals surface area contributed by atoms with Crippen molar-refractivity contribution in [2.75, 3.05) is 18.4 Å². The van der Waals surface area contributed by atoms with Crippen molar-refractivity contribution in [3.05, 3.63) is 83.7 Å². The summed E-state index contributed by atoms with van der Waals surface area (Å²) in [5.41, 5.74) is 3.84. The molecular formula is C22H21FN4O. The second kappa shape index (κ2) is 7.76. The Morgan fingerprint density at radius 2 is 2.04 bits per heavy atom. The first-order valence-corrected chi connectivity index (χ1v) is 9.30. The molecular weight excluding hydrogens is 355 g/mol. The average Bonchev–Trinajstić information content (AvgIpc) is 3.18. The maximum Gasteiger partial charge on any atom is 0.272 e. The number of pyridine rings is 2. The van der Waals surface area contributed by atoms with Crippen LogP contribution in [0.5, 0.6) is 0 Å². The lowest BCUT2D eigenvalue weighted by molar-refractivity contribution is 0.0785. The number of rotatable bonds is 4. The topological polar surface area (TPSA) is 58.1 Å². The minimum Gasteiger partial charge on any atom is -0.355 e. The summed E-state index contributed by atoms with van der Waals surface area (Å²) in [4.78, 5) is 23.3. The van der Waals surface area contributed by atoms with Gasteiger partial charge in [-0.25, -0.2) is 4.39 Å². The maximum absolute atomic E-state index is 13.4. The summed E-state index contributed by atoms with van der Waals surface area (Å²) in [5.74, 6) is -0.162. The number of carbonyl (C=O) groups is 1. The molecule has 0 radical (unpaired) electrons. The third-order valence-electron chi connectivity index (χ3n) is 4.86. The highest BCUT2D eigenvalue weighted by molar-refractivity contribution is 5.92. The molecule has 3 heterocycles. The van der Waals surface area contributed by atoms with Crippen LogP contribution in [-0.4, -0.2) is 33.9 Å². The zero-order valence-electron chi connectivity index (χ0n) is 15.6. The first kappa shape index (κ1) is 18.1. The molecule has 4 rings (SSSR count). The van der Waals surface area contributed by atoms with E-state index in [-0.39, 0.29) is 17.6 Å². The Morgan fingerprint density at radius 3 is 2.82 bits per heavy atom. The van der Waals surface area contributed by atoms with Crippen molar-refractivity contribution >= 4 is 17.3 Å². The highest BCUT2D eigenvalue weighted by atomic mass is 19.1. The van der Waals surface area contributed by atoms with Gasteiger partial charge in [0.1, 0.15) is 11.5 Å². The monoisotopic (exact) mass is 376 g/mol. The Morgan fingerprint density at radius 1 is 1.14 bits per heavy atom. The molecule has 1 amide bonds. The Kier molecular flexibility index (Phi) is 5.02. The van der Waals surface area contributed by atoms with Crippen LogP contribution in [0.2, 0.25) is 0 Å². The van der Waals surface area contributed by atoms with Gasteiger partial charge < -0.3 is 10.2 Å². The van der Waals surface area contributed by atoms with Crippen LogP contribution in [0.3, 0.4) is 0 Å². The van der Waals surface area contributed by atoms with Crippen molar-refractivity contribution in [3.8, 4) is 0 Å². The van der Waals surface area contributed by atoms with Gasteiger partial charge in [0.05, 0.1) is 0 Å². The number of anilines is 2. The number of nitrogens with zero attached hydrogens (tertiary/aromatic N) is 3. The van der Waals surface area contributed by atoms with Gasteiger partial charge in [-0.2, -0.15) is 0 Å². The number of likely N-dealkylation sites (tertiary alicyclic amines) is 1. The molecule has 1 atom stereocenters. The van der Waals surface area contributed by atoms with E-state index in [0.717, 1.165) is 23.5 Å². The number of hydrogen-bond donors (Lipinski definition) is 1. The summed E-state index contributed by atoms with van der Waals surface area (Å²) in [7, 11) is 0. The van der Waals surface area contributed by atoms with Gasteiger partial charge in [-0.05, 0) is 55.8 Å². The summed E-state index contributed by atoms with van der Waals surface area (Å²) in [6.45, 7) is 3.24. The van der Waals surface area contributed by atoms with Crippen molar-refractivity contribution in [1.29, 1.82) is 0 Å². The first-order chi connectivity index (χ1) is 13.6. The van der Waals surface area contributed by atoms with E-state index in [1.807, 2.05) is 36.1 Å². The van der Waals surface area contributed by atoms with Crippen molar-refractivity contribution in [2.45, 2.75) is 19.3 Å². The normalized spacial score (nSPS) is 16.2. The summed E-state index contributed by atoms with van der Waals surface area (Å²) < 4.78 is 13.4. The van der Waals surface area contributed by atoms with Gasteiger partial charge >= 0.3 is 0 Å². The quantitative estimate of drug-likeness (QED) is 0.738. The lowest BCUT2D eigenvalue weighted by Crippen LogP contribution is -2.29. The second-order valence-corrected chi connectivity index (χ2v) is 7.01. The largest absolute Gasteiger partial charge is 0.355 e. The molecule has 1 aromatic carbocycles. The molecule has 2 aromatic heterocycles. The fraction of sp³-hybridized carbons (Fsp3) is 0.227. The van der Waals surface area contributed by atoms with Gasteiger partial charge in [0, 0.05) is 48.0 Å². The van der Waals surface area contributed by atoms with E-state index in [1.54, 1.807) is 24.4 Å². The Bertz CT molecular complexity index is 993. The summed E-state index contributed by atoms with van der Waals surface area (Å²) in [5, 5.41) is 3.24. The second-order valence-electron chi connectivity index (χ2n) is 7.01. The number of carbonyl (C=O) groups excluding carboxylic acids is 1. The third kappa shape index (κ3) is 4.01. The van der Waals surface area contributed by atoms with Crippen LogP contribution in [-0.2, 0) is 0 Å². The molecule has 6 heteroatoms. The molecule has 0 bridgehead atoms. The van der Waals surface area contributed by atoms with Gasteiger partial charge in [0.25, 0.3) is 5.91 Å².